The molecule has 1 saturated carbocycles. The van der Waals surface area contributed by atoms with Gasteiger partial charge in [-0.3, -0.25) is 14.4 Å². The third-order valence-electron chi connectivity index (χ3n) is 6.18. The summed E-state index contributed by atoms with van der Waals surface area (Å²) in [4.78, 5) is 40.0. The summed E-state index contributed by atoms with van der Waals surface area (Å²) in [5, 5.41) is 12.9. The molecule has 0 radical (unpaired) electrons. The van der Waals surface area contributed by atoms with Crippen molar-refractivity contribution < 1.29 is 19.5 Å². The molecule has 0 aromatic heterocycles. The van der Waals surface area contributed by atoms with E-state index in [4.69, 9.17) is 0 Å². The molecule has 0 spiro atoms. The van der Waals surface area contributed by atoms with Gasteiger partial charge in [0.15, 0.2) is 0 Å². The molecule has 0 unspecified atom stereocenters. The average molecular weight is 405 g/mol. The number of aliphatic hydroxyl groups is 1. The van der Waals surface area contributed by atoms with E-state index in [0.29, 0.717) is 51.0 Å². The lowest BCUT2D eigenvalue weighted by Crippen LogP contribution is -2.53. The van der Waals surface area contributed by atoms with Crippen molar-refractivity contribution in [3.63, 3.8) is 0 Å². The highest BCUT2D eigenvalue weighted by atomic mass is 16.3. The number of anilines is 1. The van der Waals surface area contributed by atoms with Gasteiger partial charge in [-0.05, 0) is 47.7 Å². The normalized spacial score (nSPS) is 19.3. The lowest BCUT2D eigenvalue weighted by molar-refractivity contribution is -0.143. The van der Waals surface area contributed by atoms with E-state index in [9.17, 15) is 19.5 Å². The third kappa shape index (κ3) is 3.35. The molecule has 2 aromatic rings. The van der Waals surface area contributed by atoms with Crippen LogP contribution in [0.5, 0.6) is 0 Å². The van der Waals surface area contributed by atoms with Crippen molar-refractivity contribution in [2.75, 3.05) is 31.5 Å². The minimum atomic E-state index is -1.15. The van der Waals surface area contributed by atoms with E-state index in [1.165, 1.54) is 0 Å². The van der Waals surface area contributed by atoms with Crippen LogP contribution in [-0.4, -0.2) is 64.4 Å². The van der Waals surface area contributed by atoms with Gasteiger partial charge in [-0.15, -0.1) is 0 Å². The molecule has 0 bridgehead atoms. The Morgan fingerprint density at radius 3 is 2.20 bits per heavy atom. The first-order valence-corrected chi connectivity index (χ1v) is 10.3. The van der Waals surface area contributed by atoms with Crippen LogP contribution in [0, 0.1) is 0 Å². The molecule has 1 aliphatic carbocycles. The Labute approximate surface area is 174 Å². The van der Waals surface area contributed by atoms with Gasteiger partial charge in [0, 0.05) is 37.4 Å². The number of carbonyl (C=O) groups excluding carboxylic acids is 3. The number of nitrogens with one attached hydrogen (secondary N) is 1. The predicted molar refractivity (Wildman–Crippen MR) is 111 cm³/mol. The smallest absolute Gasteiger partial charge is 0.254 e. The average Bonchev–Trinajstić information content (AvgIpc) is 3.41. The van der Waals surface area contributed by atoms with E-state index in [2.05, 4.69) is 5.32 Å². The second-order valence-electron chi connectivity index (χ2n) is 8.29. The zero-order chi connectivity index (χ0) is 20.9. The van der Waals surface area contributed by atoms with Crippen molar-refractivity contribution in [3.8, 4) is 11.1 Å². The molecule has 3 amide bonds. The molecule has 1 saturated heterocycles. The molecule has 30 heavy (non-hydrogen) atoms. The van der Waals surface area contributed by atoms with Gasteiger partial charge < -0.3 is 20.2 Å². The number of carbonyl (C=O) groups is 3. The number of nitrogens with zero attached hydrogens (tertiary/aromatic N) is 2. The van der Waals surface area contributed by atoms with Gasteiger partial charge in [0.05, 0.1) is 6.42 Å². The first-order chi connectivity index (χ1) is 14.4. The first-order valence-electron chi connectivity index (χ1n) is 10.3. The van der Waals surface area contributed by atoms with Crippen LogP contribution in [0.4, 0.5) is 5.69 Å². The van der Waals surface area contributed by atoms with Crippen LogP contribution in [-0.2, 0) is 16.0 Å². The summed E-state index contributed by atoms with van der Waals surface area (Å²) < 4.78 is 0. The summed E-state index contributed by atoms with van der Waals surface area (Å²) in [5.41, 5.74) is 3.27. The lowest BCUT2D eigenvalue weighted by Gasteiger charge is -2.35. The summed E-state index contributed by atoms with van der Waals surface area (Å²) in [5.74, 6) is -0.249. The summed E-state index contributed by atoms with van der Waals surface area (Å²) in [6, 6.07) is 13.4. The Morgan fingerprint density at radius 1 is 0.900 bits per heavy atom. The molecule has 7 nitrogen and oxygen atoms in total. The molecule has 3 aliphatic rings. The largest absolute Gasteiger partial charge is 0.380 e. The van der Waals surface area contributed by atoms with Gasteiger partial charge in [-0.25, -0.2) is 0 Å². The highest BCUT2D eigenvalue weighted by molar-refractivity contribution is 6.00. The van der Waals surface area contributed by atoms with E-state index in [0.717, 1.165) is 22.4 Å². The molecule has 2 N–H and O–H groups in total. The Hall–Kier alpha value is -3.19. The van der Waals surface area contributed by atoms with Gasteiger partial charge in [0.1, 0.15) is 5.60 Å². The zero-order valence-electron chi connectivity index (χ0n) is 16.6. The molecule has 2 aromatic carbocycles. The molecular weight excluding hydrogens is 382 g/mol. The fourth-order valence-corrected chi connectivity index (χ4v) is 4.12. The summed E-state index contributed by atoms with van der Waals surface area (Å²) in [6.45, 7) is 1.83. The SMILES string of the molecule is O=C1Cc2ccc(-c3ccc(C(=O)N4CCN(C(=O)C5(O)CC5)CC4)cc3)cc2N1. The van der Waals surface area contributed by atoms with Crippen LogP contribution in [0.15, 0.2) is 42.5 Å². The van der Waals surface area contributed by atoms with Gasteiger partial charge in [0.25, 0.3) is 11.8 Å². The van der Waals surface area contributed by atoms with Gasteiger partial charge in [-0.1, -0.05) is 24.3 Å². The molecule has 0 atom stereocenters. The minimum absolute atomic E-state index is 0.0104. The van der Waals surface area contributed by atoms with Gasteiger partial charge in [-0.2, -0.15) is 0 Å². The molecule has 5 rings (SSSR count). The first kappa shape index (κ1) is 18.8. The fourth-order valence-electron chi connectivity index (χ4n) is 4.12. The van der Waals surface area contributed by atoms with Crippen LogP contribution in [0.2, 0.25) is 0 Å². The topological polar surface area (TPSA) is 90.0 Å². The number of hydrogen-bond donors (Lipinski definition) is 2. The van der Waals surface area contributed by atoms with Crippen molar-refractivity contribution in [1.29, 1.82) is 0 Å². The van der Waals surface area contributed by atoms with E-state index >= 15 is 0 Å². The highest BCUT2D eigenvalue weighted by Crippen LogP contribution is 2.37. The Morgan fingerprint density at radius 2 is 1.53 bits per heavy atom. The lowest BCUT2D eigenvalue weighted by atomic mass is 10.0. The van der Waals surface area contributed by atoms with E-state index in [1.54, 1.807) is 9.80 Å². The molecule has 154 valence electrons. The predicted octanol–water partition coefficient (Wildman–Crippen LogP) is 1.66. The van der Waals surface area contributed by atoms with Crippen LogP contribution in [0.3, 0.4) is 0 Å². The van der Waals surface area contributed by atoms with Crippen molar-refractivity contribution in [1.82, 2.24) is 9.80 Å². The Bertz CT molecular complexity index is 1030. The van der Waals surface area contributed by atoms with E-state index in [1.807, 2.05) is 42.5 Å². The summed E-state index contributed by atoms with van der Waals surface area (Å²) in [6.07, 6.45) is 1.49. The number of fused-ring (bicyclic) bond motifs is 1. The van der Waals surface area contributed by atoms with Gasteiger partial charge in [0.2, 0.25) is 5.91 Å². The van der Waals surface area contributed by atoms with Crippen molar-refractivity contribution in [3.05, 3.63) is 53.6 Å². The van der Waals surface area contributed by atoms with Gasteiger partial charge >= 0.3 is 0 Å². The minimum Gasteiger partial charge on any atom is -0.380 e. The Balaban J connectivity index is 1.24. The second kappa shape index (κ2) is 6.95. The molecule has 7 heteroatoms. The molecule has 2 heterocycles. The number of amides is 3. The molecule has 2 aliphatic heterocycles. The van der Waals surface area contributed by atoms with Crippen LogP contribution < -0.4 is 5.32 Å². The number of rotatable bonds is 3. The monoisotopic (exact) mass is 405 g/mol. The van der Waals surface area contributed by atoms with Crippen molar-refractivity contribution in [2.45, 2.75) is 24.9 Å². The Kier molecular flexibility index (Phi) is 4.36. The van der Waals surface area contributed by atoms with Crippen LogP contribution in [0.25, 0.3) is 11.1 Å². The highest BCUT2D eigenvalue weighted by Gasteiger charge is 2.50. The van der Waals surface area contributed by atoms with E-state index in [-0.39, 0.29) is 17.7 Å². The third-order valence-corrected chi connectivity index (χ3v) is 6.18. The molecular formula is C23H23N3O4. The van der Waals surface area contributed by atoms with E-state index < -0.39 is 5.60 Å². The maximum absolute atomic E-state index is 12.8. The summed E-state index contributed by atoms with van der Waals surface area (Å²) in [7, 11) is 0. The number of hydrogen-bond acceptors (Lipinski definition) is 4. The standard InChI is InChI=1S/C23H23N3O4/c27-20-14-18-6-5-17(13-19(18)24-20)15-1-3-16(4-2-15)21(28)25-9-11-26(12-10-25)22(29)23(30)7-8-23/h1-6,13,30H,7-12,14H2,(H,24,27). The number of benzene rings is 2. The number of piperazine rings is 1. The molecule has 2 fully saturated rings. The quantitative estimate of drug-likeness (QED) is 0.813. The van der Waals surface area contributed by atoms with Crippen LogP contribution in [0.1, 0.15) is 28.8 Å². The van der Waals surface area contributed by atoms with Crippen LogP contribution >= 0.6 is 0 Å². The van der Waals surface area contributed by atoms with Crippen molar-refractivity contribution in [2.24, 2.45) is 0 Å². The van der Waals surface area contributed by atoms with Crippen molar-refractivity contribution >= 4 is 23.4 Å². The fraction of sp³-hybridized carbons (Fsp3) is 0.348. The summed E-state index contributed by atoms with van der Waals surface area (Å²) >= 11 is 0. The maximum Gasteiger partial charge on any atom is 0.254 e. The zero-order valence-corrected chi connectivity index (χ0v) is 16.6. The second-order valence-corrected chi connectivity index (χ2v) is 8.29. The maximum atomic E-state index is 12.8.